The Balaban J connectivity index is 2.85. The lowest BCUT2D eigenvalue weighted by Crippen LogP contribution is -1.97. The zero-order chi connectivity index (χ0) is 11.9. The lowest BCUT2D eigenvalue weighted by Gasteiger charge is -1.93. The molecule has 2 aromatic heterocycles. The summed E-state index contributed by atoms with van der Waals surface area (Å²) in [4.78, 5) is 25.0. The number of furan rings is 1. The maximum absolute atomic E-state index is 10.8. The predicted octanol–water partition coefficient (Wildman–Crippen LogP) is 0.930. The molecule has 2 heterocycles. The standard InChI is InChI=1S/C9H5NO6/c11-5-3-1-10-2-4(8(12)13)6(3)16-7(5)9(14)15/h1-2,11H,(H,12,13)(H,14,15). The molecular weight excluding hydrogens is 218 g/mol. The summed E-state index contributed by atoms with van der Waals surface area (Å²) in [6, 6.07) is 0. The molecule has 2 rings (SSSR count). The van der Waals surface area contributed by atoms with E-state index >= 15 is 0 Å². The second kappa shape index (κ2) is 3.23. The summed E-state index contributed by atoms with van der Waals surface area (Å²) in [5, 5.41) is 26.9. The average molecular weight is 223 g/mol. The third-order valence-corrected chi connectivity index (χ3v) is 2.00. The molecule has 82 valence electrons. The molecule has 0 unspecified atom stereocenters. The molecule has 0 spiro atoms. The zero-order valence-corrected chi connectivity index (χ0v) is 7.67. The number of carboxylic acid groups (broad SMARTS) is 2. The van der Waals surface area contributed by atoms with Crippen molar-refractivity contribution >= 4 is 22.9 Å². The van der Waals surface area contributed by atoms with E-state index in [0.717, 1.165) is 12.4 Å². The number of nitrogens with zero attached hydrogens (tertiary/aromatic N) is 1. The first-order valence-corrected chi connectivity index (χ1v) is 4.08. The van der Waals surface area contributed by atoms with Gasteiger partial charge in [-0.1, -0.05) is 0 Å². The van der Waals surface area contributed by atoms with Gasteiger partial charge in [0.15, 0.2) is 11.3 Å². The third-order valence-electron chi connectivity index (χ3n) is 2.00. The van der Waals surface area contributed by atoms with Gasteiger partial charge in [0.2, 0.25) is 0 Å². The Kier molecular flexibility index (Phi) is 2.01. The van der Waals surface area contributed by atoms with E-state index in [4.69, 9.17) is 14.6 Å². The molecule has 0 bridgehead atoms. The van der Waals surface area contributed by atoms with E-state index in [1.54, 1.807) is 0 Å². The van der Waals surface area contributed by atoms with Crippen molar-refractivity contribution in [2.75, 3.05) is 0 Å². The number of aromatic carboxylic acids is 2. The van der Waals surface area contributed by atoms with Crippen LogP contribution in [0.2, 0.25) is 0 Å². The van der Waals surface area contributed by atoms with Crippen molar-refractivity contribution in [3.63, 3.8) is 0 Å². The van der Waals surface area contributed by atoms with Crippen LogP contribution in [-0.4, -0.2) is 32.2 Å². The fraction of sp³-hybridized carbons (Fsp3) is 0. The summed E-state index contributed by atoms with van der Waals surface area (Å²) >= 11 is 0. The van der Waals surface area contributed by atoms with Crippen molar-refractivity contribution in [3.05, 3.63) is 23.7 Å². The van der Waals surface area contributed by atoms with Crippen LogP contribution in [0.5, 0.6) is 5.75 Å². The number of fused-ring (bicyclic) bond motifs is 1. The molecule has 7 nitrogen and oxygen atoms in total. The van der Waals surface area contributed by atoms with E-state index in [-0.39, 0.29) is 16.5 Å². The Hall–Kier alpha value is -2.57. The smallest absolute Gasteiger partial charge is 0.375 e. The molecule has 0 saturated carbocycles. The number of hydrogen-bond acceptors (Lipinski definition) is 5. The van der Waals surface area contributed by atoms with Crippen molar-refractivity contribution in [1.29, 1.82) is 0 Å². The molecule has 2 aromatic rings. The molecule has 0 radical (unpaired) electrons. The Morgan fingerprint density at radius 2 is 1.88 bits per heavy atom. The number of pyridine rings is 1. The van der Waals surface area contributed by atoms with Crippen LogP contribution in [0.1, 0.15) is 20.9 Å². The summed E-state index contributed by atoms with van der Waals surface area (Å²) < 4.78 is 4.78. The van der Waals surface area contributed by atoms with Crippen LogP contribution in [0, 0.1) is 0 Å². The highest BCUT2D eigenvalue weighted by Crippen LogP contribution is 2.33. The minimum atomic E-state index is -1.48. The number of aromatic nitrogens is 1. The fourth-order valence-electron chi connectivity index (χ4n) is 1.30. The van der Waals surface area contributed by atoms with Gasteiger partial charge in [0.25, 0.3) is 5.76 Å². The first-order chi connectivity index (χ1) is 7.52. The Bertz CT molecular complexity index is 599. The molecule has 0 saturated heterocycles. The van der Waals surface area contributed by atoms with Gasteiger partial charge in [-0.05, 0) is 0 Å². The van der Waals surface area contributed by atoms with Gasteiger partial charge in [0.05, 0.1) is 5.39 Å². The van der Waals surface area contributed by atoms with E-state index < -0.39 is 23.4 Å². The van der Waals surface area contributed by atoms with Crippen LogP contribution in [0.3, 0.4) is 0 Å². The van der Waals surface area contributed by atoms with Crippen LogP contribution in [-0.2, 0) is 0 Å². The Morgan fingerprint density at radius 3 is 2.44 bits per heavy atom. The van der Waals surface area contributed by atoms with Gasteiger partial charge in [-0.15, -0.1) is 0 Å². The van der Waals surface area contributed by atoms with Gasteiger partial charge < -0.3 is 19.7 Å². The molecule has 16 heavy (non-hydrogen) atoms. The molecule has 0 aliphatic rings. The maximum atomic E-state index is 10.8. The van der Waals surface area contributed by atoms with E-state index in [0.29, 0.717) is 0 Å². The summed E-state index contributed by atoms with van der Waals surface area (Å²) in [5.41, 5.74) is -0.516. The largest absolute Gasteiger partial charge is 0.504 e. The van der Waals surface area contributed by atoms with Crippen LogP contribution in [0.4, 0.5) is 0 Å². The van der Waals surface area contributed by atoms with Gasteiger partial charge in [0, 0.05) is 12.4 Å². The van der Waals surface area contributed by atoms with Gasteiger partial charge in [-0.25, -0.2) is 9.59 Å². The van der Waals surface area contributed by atoms with Crippen LogP contribution < -0.4 is 0 Å². The van der Waals surface area contributed by atoms with Crippen LogP contribution in [0.25, 0.3) is 11.0 Å². The zero-order valence-electron chi connectivity index (χ0n) is 7.67. The van der Waals surface area contributed by atoms with E-state index in [1.165, 1.54) is 0 Å². The van der Waals surface area contributed by atoms with Gasteiger partial charge in [-0.3, -0.25) is 4.98 Å². The fourth-order valence-corrected chi connectivity index (χ4v) is 1.30. The van der Waals surface area contributed by atoms with Crippen molar-refractivity contribution in [2.45, 2.75) is 0 Å². The summed E-state index contributed by atoms with van der Waals surface area (Å²) in [6.45, 7) is 0. The van der Waals surface area contributed by atoms with Crippen molar-refractivity contribution in [3.8, 4) is 5.75 Å². The van der Waals surface area contributed by atoms with Gasteiger partial charge in [-0.2, -0.15) is 0 Å². The summed E-state index contributed by atoms with van der Waals surface area (Å²) in [5.74, 6) is -4.13. The lowest BCUT2D eigenvalue weighted by molar-refractivity contribution is 0.0652. The van der Waals surface area contributed by atoms with E-state index in [1.807, 2.05) is 0 Å². The molecule has 0 aliphatic carbocycles. The van der Waals surface area contributed by atoms with Crippen molar-refractivity contribution < 1.29 is 29.3 Å². The molecule has 3 N–H and O–H groups in total. The minimum absolute atomic E-state index is 0.0442. The predicted molar refractivity (Wildman–Crippen MR) is 49.6 cm³/mol. The highest BCUT2D eigenvalue weighted by Gasteiger charge is 2.23. The third kappa shape index (κ3) is 1.26. The maximum Gasteiger partial charge on any atom is 0.375 e. The highest BCUT2D eigenvalue weighted by molar-refractivity contribution is 6.05. The topological polar surface area (TPSA) is 121 Å². The Morgan fingerprint density at radius 1 is 1.19 bits per heavy atom. The minimum Gasteiger partial charge on any atom is -0.504 e. The monoisotopic (exact) mass is 223 g/mol. The molecular formula is C9H5NO6. The second-order valence-electron chi connectivity index (χ2n) is 2.95. The molecule has 7 heteroatoms. The van der Waals surface area contributed by atoms with Gasteiger partial charge in [0.1, 0.15) is 5.56 Å². The van der Waals surface area contributed by atoms with Crippen LogP contribution in [0.15, 0.2) is 16.8 Å². The van der Waals surface area contributed by atoms with E-state index in [2.05, 4.69) is 4.98 Å². The van der Waals surface area contributed by atoms with Gasteiger partial charge >= 0.3 is 11.9 Å². The highest BCUT2D eigenvalue weighted by atomic mass is 16.4. The molecule has 0 aliphatic heterocycles. The van der Waals surface area contributed by atoms with Crippen molar-refractivity contribution in [1.82, 2.24) is 4.98 Å². The normalized spacial score (nSPS) is 10.5. The SMILES string of the molecule is O=C(O)c1oc2c(C(=O)O)cncc2c1O. The number of rotatable bonds is 2. The Labute approximate surface area is 87.6 Å². The lowest BCUT2D eigenvalue weighted by atomic mass is 10.2. The number of aromatic hydroxyl groups is 1. The summed E-state index contributed by atoms with van der Waals surface area (Å²) in [6.07, 6.45) is 2.15. The quantitative estimate of drug-likeness (QED) is 0.692. The second-order valence-corrected chi connectivity index (χ2v) is 2.95. The van der Waals surface area contributed by atoms with E-state index in [9.17, 15) is 14.7 Å². The number of carboxylic acids is 2. The summed E-state index contributed by atoms with van der Waals surface area (Å²) in [7, 11) is 0. The number of carbonyl (C=O) groups is 2. The molecule has 0 aromatic carbocycles. The number of hydrogen-bond donors (Lipinski definition) is 3. The van der Waals surface area contributed by atoms with Crippen LogP contribution >= 0.6 is 0 Å². The first kappa shape index (κ1) is 9.97. The molecule has 0 fully saturated rings. The first-order valence-electron chi connectivity index (χ1n) is 4.08. The van der Waals surface area contributed by atoms with Crippen molar-refractivity contribution in [2.24, 2.45) is 0 Å². The molecule has 0 amide bonds. The molecule has 0 atom stereocenters. The average Bonchev–Trinajstić information content (AvgIpc) is 2.56.